The van der Waals surface area contributed by atoms with Crippen LogP contribution in [0.15, 0.2) is 42.5 Å². The summed E-state index contributed by atoms with van der Waals surface area (Å²) in [5.41, 5.74) is 2.37. The fraction of sp³-hybridized carbons (Fsp3) is 0.600. The second-order valence-corrected chi connectivity index (χ2v) is 9.13. The van der Waals surface area contributed by atoms with Gasteiger partial charge in [0.05, 0.1) is 13.0 Å². The molecular weight excluding hydrogens is 364 g/mol. The SMILES string of the molecule is C=C1C(OC(=O)CCc2ccccc2)CCC2(C)CCC(C(C)C(=O)OC)CC12. The molecule has 2 saturated carbocycles. The number of methoxy groups -OCH3 is 1. The Morgan fingerprint density at radius 2 is 1.90 bits per heavy atom. The van der Waals surface area contributed by atoms with E-state index in [-0.39, 0.29) is 35.3 Å². The number of esters is 2. The predicted octanol–water partition coefficient (Wildman–Crippen LogP) is 5.11. The minimum Gasteiger partial charge on any atom is -0.469 e. The summed E-state index contributed by atoms with van der Waals surface area (Å²) in [7, 11) is 1.45. The number of carbonyl (C=O) groups excluding carboxylic acids is 2. The monoisotopic (exact) mass is 398 g/mol. The normalized spacial score (nSPS) is 30.2. The highest BCUT2D eigenvalue weighted by molar-refractivity contribution is 5.72. The Kier molecular flexibility index (Phi) is 6.81. The van der Waals surface area contributed by atoms with Gasteiger partial charge in [-0.05, 0) is 66.9 Å². The first kappa shape index (κ1) is 21.6. The standard InChI is InChI=1S/C25H34O4/c1-17(24(27)28-4)20-12-14-25(3)15-13-22(18(2)21(25)16-20)29-23(26)11-10-19-8-6-5-7-9-19/h5-9,17,20-22H,2,10-16H2,1,3-4H3. The van der Waals surface area contributed by atoms with E-state index in [9.17, 15) is 9.59 Å². The quantitative estimate of drug-likeness (QED) is 0.493. The summed E-state index contributed by atoms with van der Waals surface area (Å²) in [6.07, 6.45) is 5.80. The van der Waals surface area contributed by atoms with Crippen LogP contribution in [0.3, 0.4) is 0 Å². The van der Waals surface area contributed by atoms with Crippen molar-refractivity contribution in [2.45, 2.75) is 64.9 Å². The molecule has 1 aromatic carbocycles. The van der Waals surface area contributed by atoms with Gasteiger partial charge in [0, 0.05) is 6.42 Å². The van der Waals surface area contributed by atoms with Crippen LogP contribution in [0.4, 0.5) is 0 Å². The zero-order valence-electron chi connectivity index (χ0n) is 18.0. The van der Waals surface area contributed by atoms with Gasteiger partial charge in [-0.25, -0.2) is 0 Å². The highest BCUT2D eigenvalue weighted by Crippen LogP contribution is 2.55. The van der Waals surface area contributed by atoms with Crippen LogP contribution in [-0.4, -0.2) is 25.2 Å². The molecule has 1 aromatic rings. The molecule has 3 rings (SSSR count). The molecule has 0 radical (unpaired) electrons. The molecule has 5 atom stereocenters. The van der Waals surface area contributed by atoms with Crippen molar-refractivity contribution in [2.24, 2.45) is 23.2 Å². The molecular formula is C25H34O4. The summed E-state index contributed by atoms with van der Waals surface area (Å²) in [5.74, 6) is 0.188. The van der Waals surface area contributed by atoms with E-state index in [2.05, 4.69) is 13.5 Å². The molecule has 0 N–H and O–H groups in total. The van der Waals surface area contributed by atoms with Crippen LogP contribution in [0.2, 0.25) is 0 Å². The van der Waals surface area contributed by atoms with Crippen LogP contribution in [0.25, 0.3) is 0 Å². The number of benzene rings is 1. The Bertz CT molecular complexity index is 740. The Labute approximate surface area is 174 Å². The molecule has 0 bridgehead atoms. The molecule has 4 heteroatoms. The minimum atomic E-state index is -0.205. The first-order valence-corrected chi connectivity index (χ1v) is 10.8. The molecule has 0 amide bonds. The van der Waals surface area contributed by atoms with E-state index in [0.717, 1.165) is 43.2 Å². The predicted molar refractivity (Wildman–Crippen MR) is 113 cm³/mol. The number of hydrogen-bond donors (Lipinski definition) is 0. The molecule has 0 saturated heterocycles. The molecule has 158 valence electrons. The van der Waals surface area contributed by atoms with Gasteiger partial charge in [0.25, 0.3) is 0 Å². The molecule has 0 aromatic heterocycles. The van der Waals surface area contributed by atoms with Crippen molar-refractivity contribution < 1.29 is 19.1 Å². The smallest absolute Gasteiger partial charge is 0.308 e. The van der Waals surface area contributed by atoms with E-state index in [0.29, 0.717) is 18.8 Å². The van der Waals surface area contributed by atoms with Crippen molar-refractivity contribution in [3.63, 3.8) is 0 Å². The van der Waals surface area contributed by atoms with E-state index in [1.54, 1.807) is 0 Å². The summed E-state index contributed by atoms with van der Waals surface area (Å²) in [5, 5.41) is 0. The van der Waals surface area contributed by atoms with E-state index >= 15 is 0 Å². The third-order valence-electron chi connectivity index (χ3n) is 7.32. The van der Waals surface area contributed by atoms with Crippen molar-refractivity contribution in [1.29, 1.82) is 0 Å². The lowest BCUT2D eigenvalue weighted by atomic mass is 9.55. The van der Waals surface area contributed by atoms with Gasteiger partial charge in [0.2, 0.25) is 0 Å². The van der Waals surface area contributed by atoms with Gasteiger partial charge in [0.15, 0.2) is 0 Å². The number of carbonyl (C=O) groups is 2. The first-order chi connectivity index (χ1) is 13.8. The van der Waals surface area contributed by atoms with E-state index < -0.39 is 0 Å². The average molecular weight is 399 g/mol. The van der Waals surface area contributed by atoms with Gasteiger partial charge < -0.3 is 9.47 Å². The molecule has 0 heterocycles. The molecule has 0 spiro atoms. The third kappa shape index (κ3) is 4.91. The summed E-state index contributed by atoms with van der Waals surface area (Å²) in [4.78, 5) is 24.5. The molecule has 2 aliphatic rings. The van der Waals surface area contributed by atoms with Crippen molar-refractivity contribution in [1.82, 2.24) is 0 Å². The van der Waals surface area contributed by atoms with Crippen LogP contribution in [-0.2, 0) is 25.5 Å². The summed E-state index contributed by atoms with van der Waals surface area (Å²) < 4.78 is 10.8. The average Bonchev–Trinajstić information content (AvgIpc) is 2.74. The third-order valence-corrected chi connectivity index (χ3v) is 7.32. The van der Waals surface area contributed by atoms with Crippen molar-refractivity contribution in [3.05, 3.63) is 48.0 Å². The molecule has 2 aliphatic carbocycles. The highest BCUT2D eigenvalue weighted by Gasteiger charge is 2.48. The minimum absolute atomic E-state index is 0.105. The first-order valence-electron chi connectivity index (χ1n) is 10.8. The number of rotatable bonds is 6. The van der Waals surface area contributed by atoms with Crippen molar-refractivity contribution in [2.75, 3.05) is 7.11 Å². The summed E-state index contributed by atoms with van der Waals surface area (Å²) in [6, 6.07) is 10.0. The molecule has 29 heavy (non-hydrogen) atoms. The van der Waals surface area contributed by atoms with Gasteiger partial charge in [-0.15, -0.1) is 0 Å². The fourth-order valence-corrected chi connectivity index (χ4v) is 5.24. The Hall–Kier alpha value is -2.10. The van der Waals surface area contributed by atoms with Crippen molar-refractivity contribution in [3.8, 4) is 0 Å². The molecule has 5 unspecified atom stereocenters. The van der Waals surface area contributed by atoms with Crippen molar-refractivity contribution >= 4 is 11.9 Å². The van der Waals surface area contributed by atoms with Crippen LogP contribution in [0.1, 0.15) is 57.9 Å². The van der Waals surface area contributed by atoms with Gasteiger partial charge in [0.1, 0.15) is 6.10 Å². The van der Waals surface area contributed by atoms with Gasteiger partial charge in [-0.1, -0.05) is 50.8 Å². The zero-order chi connectivity index (χ0) is 21.0. The number of fused-ring (bicyclic) bond motifs is 1. The molecule has 2 fully saturated rings. The highest BCUT2D eigenvalue weighted by atomic mass is 16.5. The Morgan fingerprint density at radius 3 is 2.59 bits per heavy atom. The number of hydrogen-bond acceptors (Lipinski definition) is 4. The zero-order valence-corrected chi connectivity index (χ0v) is 18.0. The van der Waals surface area contributed by atoms with Gasteiger partial charge >= 0.3 is 11.9 Å². The van der Waals surface area contributed by atoms with Crippen LogP contribution in [0.5, 0.6) is 0 Å². The van der Waals surface area contributed by atoms with Crippen LogP contribution in [0, 0.1) is 23.2 Å². The largest absolute Gasteiger partial charge is 0.469 e. The maximum absolute atomic E-state index is 12.4. The summed E-state index contributed by atoms with van der Waals surface area (Å²) >= 11 is 0. The van der Waals surface area contributed by atoms with Crippen LogP contribution < -0.4 is 0 Å². The topological polar surface area (TPSA) is 52.6 Å². The molecule has 4 nitrogen and oxygen atoms in total. The van der Waals surface area contributed by atoms with E-state index in [1.165, 1.54) is 7.11 Å². The van der Waals surface area contributed by atoms with Gasteiger partial charge in [-0.2, -0.15) is 0 Å². The number of ether oxygens (including phenoxy) is 2. The fourth-order valence-electron chi connectivity index (χ4n) is 5.24. The number of aryl methyl sites for hydroxylation is 1. The maximum Gasteiger partial charge on any atom is 0.308 e. The van der Waals surface area contributed by atoms with Crippen LogP contribution >= 0.6 is 0 Å². The molecule has 0 aliphatic heterocycles. The Morgan fingerprint density at radius 1 is 1.21 bits per heavy atom. The lowest BCUT2D eigenvalue weighted by Gasteiger charge is -2.51. The maximum atomic E-state index is 12.4. The lowest BCUT2D eigenvalue weighted by molar-refractivity contribution is -0.150. The van der Waals surface area contributed by atoms with Gasteiger partial charge in [-0.3, -0.25) is 9.59 Å². The Balaban J connectivity index is 1.59. The van der Waals surface area contributed by atoms with E-state index in [4.69, 9.17) is 9.47 Å². The summed E-state index contributed by atoms with van der Waals surface area (Å²) in [6.45, 7) is 8.65. The van der Waals surface area contributed by atoms with E-state index in [1.807, 2.05) is 37.3 Å². The lowest BCUT2D eigenvalue weighted by Crippen LogP contribution is -2.45. The second-order valence-electron chi connectivity index (χ2n) is 9.13. The second kappa shape index (κ2) is 9.15.